The van der Waals surface area contributed by atoms with Gasteiger partial charge in [0.1, 0.15) is 10.8 Å². The SMILES string of the molecule is CCCN1CCC(Nc2nc3c(Cl)c(C)nn3c3ccccc23)CC1. The number of nitrogens with zero attached hydrogens (tertiary/aromatic N) is 4. The molecule has 0 aliphatic carbocycles. The monoisotopic (exact) mass is 357 g/mol. The number of anilines is 1. The second kappa shape index (κ2) is 6.81. The van der Waals surface area contributed by atoms with E-state index >= 15 is 0 Å². The van der Waals surface area contributed by atoms with E-state index < -0.39 is 0 Å². The molecule has 4 rings (SSSR count). The Kier molecular flexibility index (Phi) is 4.52. The zero-order chi connectivity index (χ0) is 17.4. The molecule has 0 saturated carbocycles. The minimum atomic E-state index is 0.453. The molecule has 0 bridgehead atoms. The van der Waals surface area contributed by atoms with E-state index in [4.69, 9.17) is 16.6 Å². The van der Waals surface area contributed by atoms with Gasteiger partial charge in [0, 0.05) is 24.5 Å². The van der Waals surface area contributed by atoms with Crippen molar-refractivity contribution in [2.24, 2.45) is 0 Å². The van der Waals surface area contributed by atoms with Crippen molar-refractivity contribution in [3.05, 3.63) is 35.0 Å². The largest absolute Gasteiger partial charge is 0.367 e. The van der Waals surface area contributed by atoms with E-state index in [-0.39, 0.29) is 0 Å². The van der Waals surface area contributed by atoms with Gasteiger partial charge in [0.25, 0.3) is 0 Å². The molecule has 3 aromatic rings. The molecule has 5 nitrogen and oxygen atoms in total. The first-order valence-corrected chi connectivity index (χ1v) is 9.47. The lowest BCUT2D eigenvalue weighted by atomic mass is 10.0. The molecule has 1 fully saturated rings. The summed E-state index contributed by atoms with van der Waals surface area (Å²) in [5.41, 5.74) is 2.57. The van der Waals surface area contributed by atoms with Gasteiger partial charge in [-0.2, -0.15) is 5.10 Å². The van der Waals surface area contributed by atoms with Crippen molar-refractivity contribution in [1.29, 1.82) is 0 Å². The van der Waals surface area contributed by atoms with E-state index in [1.165, 1.54) is 13.0 Å². The van der Waals surface area contributed by atoms with Crippen LogP contribution in [0.1, 0.15) is 31.9 Å². The van der Waals surface area contributed by atoms with Crippen molar-refractivity contribution < 1.29 is 0 Å². The van der Waals surface area contributed by atoms with Crippen molar-refractivity contribution in [2.75, 3.05) is 25.0 Å². The Morgan fingerprint density at radius 3 is 2.76 bits per heavy atom. The Morgan fingerprint density at radius 2 is 2.00 bits per heavy atom. The van der Waals surface area contributed by atoms with Crippen LogP contribution in [0, 0.1) is 6.92 Å². The number of benzene rings is 1. The fraction of sp³-hybridized carbons (Fsp3) is 0.474. The summed E-state index contributed by atoms with van der Waals surface area (Å²) in [4.78, 5) is 7.36. The average molecular weight is 358 g/mol. The quantitative estimate of drug-likeness (QED) is 0.762. The number of aryl methyl sites for hydroxylation is 1. The number of nitrogens with one attached hydrogen (secondary N) is 1. The molecule has 0 atom stereocenters. The van der Waals surface area contributed by atoms with E-state index in [0.29, 0.717) is 11.1 Å². The number of aromatic nitrogens is 3. The third-order valence-corrected chi connectivity index (χ3v) is 5.48. The van der Waals surface area contributed by atoms with E-state index in [2.05, 4.69) is 34.4 Å². The van der Waals surface area contributed by atoms with Crippen LogP contribution < -0.4 is 5.32 Å². The Morgan fingerprint density at radius 1 is 1.24 bits per heavy atom. The fourth-order valence-electron chi connectivity index (χ4n) is 3.71. The molecule has 1 aliphatic rings. The highest BCUT2D eigenvalue weighted by molar-refractivity contribution is 6.34. The lowest BCUT2D eigenvalue weighted by Crippen LogP contribution is -2.39. The van der Waals surface area contributed by atoms with Crippen LogP contribution in [-0.2, 0) is 0 Å². The van der Waals surface area contributed by atoms with Crippen molar-refractivity contribution in [3.8, 4) is 0 Å². The summed E-state index contributed by atoms with van der Waals surface area (Å²) < 4.78 is 1.85. The zero-order valence-corrected chi connectivity index (χ0v) is 15.6. The van der Waals surface area contributed by atoms with Crippen molar-refractivity contribution >= 4 is 34.0 Å². The van der Waals surface area contributed by atoms with Gasteiger partial charge < -0.3 is 10.2 Å². The van der Waals surface area contributed by atoms with Gasteiger partial charge in [0.15, 0.2) is 5.65 Å². The van der Waals surface area contributed by atoms with Gasteiger partial charge in [0.2, 0.25) is 0 Å². The normalized spacial score (nSPS) is 16.8. The Hall–Kier alpha value is -1.85. The number of piperidine rings is 1. The fourth-order valence-corrected chi connectivity index (χ4v) is 3.87. The molecule has 0 unspecified atom stereocenters. The molecule has 0 amide bonds. The van der Waals surface area contributed by atoms with E-state index in [1.54, 1.807) is 0 Å². The van der Waals surface area contributed by atoms with Crippen LogP contribution in [-0.4, -0.2) is 45.2 Å². The van der Waals surface area contributed by atoms with Crippen LogP contribution in [0.5, 0.6) is 0 Å². The van der Waals surface area contributed by atoms with E-state index in [1.807, 2.05) is 23.6 Å². The van der Waals surface area contributed by atoms with Crippen LogP contribution >= 0.6 is 11.6 Å². The Bertz CT molecular complexity index is 896. The molecule has 1 N–H and O–H groups in total. The van der Waals surface area contributed by atoms with Crippen molar-refractivity contribution in [3.63, 3.8) is 0 Å². The molecule has 3 heterocycles. The van der Waals surface area contributed by atoms with Crippen LogP contribution in [0.25, 0.3) is 16.6 Å². The third kappa shape index (κ3) is 3.07. The van der Waals surface area contributed by atoms with Crippen LogP contribution in [0.3, 0.4) is 0 Å². The molecule has 6 heteroatoms. The highest BCUT2D eigenvalue weighted by Crippen LogP contribution is 2.29. The highest BCUT2D eigenvalue weighted by Gasteiger charge is 2.21. The first-order chi connectivity index (χ1) is 12.2. The molecule has 1 saturated heterocycles. The molecule has 1 aromatic carbocycles. The first-order valence-electron chi connectivity index (χ1n) is 9.10. The number of rotatable bonds is 4. The van der Waals surface area contributed by atoms with Gasteiger partial charge in [-0.05, 0) is 44.9 Å². The van der Waals surface area contributed by atoms with E-state index in [0.717, 1.165) is 54.0 Å². The van der Waals surface area contributed by atoms with Crippen LogP contribution in [0.2, 0.25) is 5.02 Å². The highest BCUT2D eigenvalue weighted by atomic mass is 35.5. The summed E-state index contributed by atoms with van der Waals surface area (Å²) in [5, 5.41) is 9.94. The molecule has 0 spiro atoms. The lowest BCUT2D eigenvalue weighted by molar-refractivity contribution is 0.219. The Labute approximate surface area is 153 Å². The minimum Gasteiger partial charge on any atom is -0.367 e. The minimum absolute atomic E-state index is 0.453. The molecular formula is C19H24ClN5. The molecule has 0 radical (unpaired) electrons. The topological polar surface area (TPSA) is 45.5 Å². The average Bonchev–Trinajstić information content (AvgIpc) is 2.92. The number of fused-ring (bicyclic) bond motifs is 3. The second-order valence-corrected chi connectivity index (χ2v) is 7.25. The maximum absolute atomic E-state index is 6.43. The van der Waals surface area contributed by atoms with Gasteiger partial charge in [-0.25, -0.2) is 9.50 Å². The van der Waals surface area contributed by atoms with Crippen molar-refractivity contribution in [1.82, 2.24) is 19.5 Å². The number of hydrogen-bond acceptors (Lipinski definition) is 4. The predicted octanol–water partition coefficient (Wildman–Crippen LogP) is 4.13. The summed E-state index contributed by atoms with van der Waals surface area (Å²) in [7, 11) is 0. The maximum atomic E-state index is 6.43. The van der Waals surface area contributed by atoms with Gasteiger partial charge in [-0.1, -0.05) is 30.7 Å². The van der Waals surface area contributed by atoms with Gasteiger partial charge in [-0.3, -0.25) is 0 Å². The summed E-state index contributed by atoms with van der Waals surface area (Å²) in [6.45, 7) is 7.66. The van der Waals surface area contributed by atoms with Crippen LogP contribution in [0.15, 0.2) is 24.3 Å². The standard InChI is InChI=1S/C19H24ClN5/c1-3-10-24-11-8-14(9-12-24)21-18-15-6-4-5-7-16(15)25-19(22-18)17(20)13(2)23-25/h4-7,14H,3,8-12H2,1-2H3,(H,21,22). The van der Waals surface area contributed by atoms with Crippen molar-refractivity contribution in [2.45, 2.75) is 39.2 Å². The summed E-state index contributed by atoms with van der Waals surface area (Å²) in [6.07, 6.45) is 3.51. The number of halogens is 1. The smallest absolute Gasteiger partial charge is 0.176 e. The number of hydrogen-bond donors (Lipinski definition) is 1. The lowest BCUT2D eigenvalue weighted by Gasteiger charge is -2.32. The van der Waals surface area contributed by atoms with Gasteiger partial charge in [-0.15, -0.1) is 0 Å². The molecule has 2 aromatic heterocycles. The molecule has 1 aliphatic heterocycles. The van der Waals surface area contributed by atoms with E-state index in [9.17, 15) is 0 Å². The molecular weight excluding hydrogens is 334 g/mol. The van der Waals surface area contributed by atoms with Gasteiger partial charge in [0.05, 0.1) is 11.2 Å². The zero-order valence-electron chi connectivity index (χ0n) is 14.8. The summed E-state index contributed by atoms with van der Waals surface area (Å²) in [6, 6.07) is 8.69. The second-order valence-electron chi connectivity index (χ2n) is 6.87. The first kappa shape index (κ1) is 16.6. The summed E-state index contributed by atoms with van der Waals surface area (Å²) >= 11 is 6.43. The van der Waals surface area contributed by atoms with Crippen LogP contribution in [0.4, 0.5) is 5.82 Å². The third-order valence-electron chi connectivity index (χ3n) is 5.04. The number of para-hydroxylation sites is 1. The summed E-state index contributed by atoms with van der Waals surface area (Å²) in [5.74, 6) is 0.916. The predicted molar refractivity (Wildman–Crippen MR) is 104 cm³/mol. The molecule has 132 valence electrons. The number of likely N-dealkylation sites (tertiary alicyclic amines) is 1. The van der Waals surface area contributed by atoms with Gasteiger partial charge >= 0.3 is 0 Å². The molecule has 25 heavy (non-hydrogen) atoms. The Balaban J connectivity index is 1.68. The maximum Gasteiger partial charge on any atom is 0.176 e.